The van der Waals surface area contributed by atoms with E-state index in [1.54, 1.807) is 0 Å². The van der Waals surface area contributed by atoms with E-state index in [0.717, 1.165) is 19.3 Å². The number of hydrogen-bond donors (Lipinski definition) is 2. The van der Waals surface area contributed by atoms with Crippen LogP contribution < -0.4 is 0 Å². The van der Waals surface area contributed by atoms with E-state index in [4.69, 9.17) is 10.2 Å². The maximum absolute atomic E-state index is 8.83. The lowest BCUT2D eigenvalue weighted by atomic mass is 9.93. The number of unbranched alkanes of at least 4 members (excludes halogenated alkanes) is 2. The molecule has 2 heteroatoms. The van der Waals surface area contributed by atoms with Gasteiger partial charge >= 0.3 is 0 Å². The maximum Gasteiger partial charge on any atom is 0.0433 e. The minimum atomic E-state index is 0.287. The standard InChI is InChI=1S/C11H24O2/c1-2-3-4-6-11(8-10-13)7-5-9-12/h11-13H,2-10H2,1H3. The highest BCUT2D eigenvalue weighted by Gasteiger charge is 2.06. The number of hydrogen-bond acceptors (Lipinski definition) is 2. The molecule has 0 bridgehead atoms. The van der Waals surface area contributed by atoms with Crippen LogP contribution in [-0.4, -0.2) is 23.4 Å². The van der Waals surface area contributed by atoms with Crippen LogP contribution in [-0.2, 0) is 0 Å². The summed E-state index contributed by atoms with van der Waals surface area (Å²) in [6.07, 6.45) is 7.90. The average Bonchev–Trinajstić information content (AvgIpc) is 2.14. The van der Waals surface area contributed by atoms with Crippen molar-refractivity contribution >= 4 is 0 Å². The van der Waals surface area contributed by atoms with E-state index in [2.05, 4.69) is 6.92 Å². The quantitative estimate of drug-likeness (QED) is 0.545. The highest BCUT2D eigenvalue weighted by atomic mass is 16.3. The first-order valence-corrected chi connectivity index (χ1v) is 5.56. The molecule has 0 aliphatic rings. The Morgan fingerprint density at radius 3 is 2.08 bits per heavy atom. The van der Waals surface area contributed by atoms with E-state index in [9.17, 15) is 0 Å². The zero-order chi connectivity index (χ0) is 9.94. The number of aliphatic hydroxyl groups excluding tert-OH is 2. The van der Waals surface area contributed by atoms with Crippen LogP contribution in [0.3, 0.4) is 0 Å². The van der Waals surface area contributed by atoms with E-state index in [1.165, 1.54) is 25.7 Å². The Morgan fingerprint density at radius 1 is 0.846 bits per heavy atom. The summed E-state index contributed by atoms with van der Waals surface area (Å²) in [7, 11) is 0. The van der Waals surface area contributed by atoms with E-state index in [-0.39, 0.29) is 6.61 Å². The molecule has 0 aliphatic heterocycles. The largest absolute Gasteiger partial charge is 0.396 e. The Labute approximate surface area is 82.0 Å². The van der Waals surface area contributed by atoms with Gasteiger partial charge in [0.2, 0.25) is 0 Å². The zero-order valence-electron chi connectivity index (χ0n) is 8.84. The second-order valence-corrected chi connectivity index (χ2v) is 3.74. The first-order chi connectivity index (χ1) is 6.35. The fourth-order valence-corrected chi connectivity index (χ4v) is 1.68. The number of aliphatic hydroxyl groups is 2. The van der Waals surface area contributed by atoms with Gasteiger partial charge in [-0.2, -0.15) is 0 Å². The molecule has 0 spiro atoms. The Hall–Kier alpha value is -0.0800. The molecule has 0 aliphatic carbocycles. The van der Waals surface area contributed by atoms with Crippen LogP contribution in [0.1, 0.15) is 51.9 Å². The molecule has 0 aromatic carbocycles. The van der Waals surface area contributed by atoms with Crippen molar-refractivity contribution in [2.45, 2.75) is 51.9 Å². The Bertz CT molecular complexity index is 94.1. The average molecular weight is 188 g/mol. The minimum absolute atomic E-state index is 0.287. The van der Waals surface area contributed by atoms with Crippen molar-refractivity contribution in [1.29, 1.82) is 0 Å². The molecule has 0 saturated heterocycles. The van der Waals surface area contributed by atoms with Crippen LogP contribution in [0.5, 0.6) is 0 Å². The first kappa shape index (κ1) is 12.9. The molecule has 0 saturated carbocycles. The molecule has 1 atom stereocenters. The highest BCUT2D eigenvalue weighted by Crippen LogP contribution is 2.18. The fourth-order valence-electron chi connectivity index (χ4n) is 1.68. The number of rotatable bonds is 9. The zero-order valence-corrected chi connectivity index (χ0v) is 8.84. The van der Waals surface area contributed by atoms with Crippen LogP contribution in [0.2, 0.25) is 0 Å². The Balaban J connectivity index is 3.41. The van der Waals surface area contributed by atoms with Gasteiger partial charge in [0, 0.05) is 13.2 Å². The van der Waals surface area contributed by atoms with Gasteiger partial charge in [-0.15, -0.1) is 0 Å². The Morgan fingerprint density at radius 2 is 1.54 bits per heavy atom. The van der Waals surface area contributed by atoms with Gasteiger partial charge in [-0.25, -0.2) is 0 Å². The fraction of sp³-hybridized carbons (Fsp3) is 1.00. The lowest BCUT2D eigenvalue weighted by Crippen LogP contribution is -2.04. The summed E-state index contributed by atoms with van der Waals surface area (Å²) in [4.78, 5) is 0. The molecule has 2 N–H and O–H groups in total. The van der Waals surface area contributed by atoms with E-state index in [0.29, 0.717) is 12.5 Å². The summed E-state index contributed by atoms with van der Waals surface area (Å²) in [6, 6.07) is 0. The summed E-state index contributed by atoms with van der Waals surface area (Å²) in [5.41, 5.74) is 0. The van der Waals surface area contributed by atoms with Gasteiger partial charge < -0.3 is 10.2 Å². The molecular weight excluding hydrogens is 164 g/mol. The predicted molar refractivity (Wildman–Crippen MR) is 55.7 cm³/mol. The normalized spacial score (nSPS) is 13.2. The third kappa shape index (κ3) is 8.26. The lowest BCUT2D eigenvalue weighted by Gasteiger charge is -2.14. The molecule has 13 heavy (non-hydrogen) atoms. The minimum Gasteiger partial charge on any atom is -0.396 e. The smallest absolute Gasteiger partial charge is 0.0433 e. The van der Waals surface area contributed by atoms with E-state index < -0.39 is 0 Å². The third-order valence-corrected chi connectivity index (χ3v) is 2.52. The topological polar surface area (TPSA) is 40.5 Å². The van der Waals surface area contributed by atoms with Gasteiger partial charge in [0.1, 0.15) is 0 Å². The van der Waals surface area contributed by atoms with Crippen LogP contribution in [0.15, 0.2) is 0 Å². The van der Waals surface area contributed by atoms with Crippen molar-refractivity contribution in [2.24, 2.45) is 5.92 Å². The van der Waals surface area contributed by atoms with Gasteiger partial charge in [-0.05, 0) is 25.2 Å². The molecule has 0 radical (unpaired) electrons. The van der Waals surface area contributed by atoms with E-state index in [1.807, 2.05) is 0 Å². The summed E-state index contributed by atoms with van der Waals surface area (Å²) < 4.78 is 0. The van der Waals surface area contributed by atoms with Crippen molar-refractivity contribution in [3.05, 3.63) is 0 Å². The van der Waals surface area contributed by atoms with Crippen molar-refractivity contribution in [1.82, 2.24) is 0 Å². The van der Waals surface area contributed by atoms with Gasteiger partial charge in [0.25, 0.3) is 0 Å². The van der Waals surface area contributed by atoms with Gasteiger partial charge in [0.15, 0.2) is 0 Å². The van der Waals surface area contributed by atoms with Crippen LogP contribution >= 0.6 is 0 Å². The van der Waals surface area contributed by atoms with Crippen molar-refractivity contribution in [3.63, 3.8) is 0 Å². The SMILES string of the molecule is CCCCCC(CCO)CCCO. The van der Waals surface area contributed by atoms with Crippen molar-refractivity contribution < 1.29 is 10.2 Å². The first-order valence-electron chi connectivity index (χ1n) is 5.56. The molecular formula is C11H24O2. The lowest BCUT2D eigenvalue weighted by molar-refractivity contribution is 0.225. The molecule has 0 amide bonds. The van der Waals surface area contributed by atoms with Crippen LogP contribution in [0.25, 0.3) is 0 Å². The summed E-state index contributed by atoms with van der Waals surface area (Å²) in [6.45, 7) is 2.78. The molecule has 80 valence electrons. The molecule has 0 aromatic heterocycles. The molecule has 0 rings (SSSR count). The van der Waals surface area contributed by atoms with E-state index >= 15 is 0 Å². The Kier molecular flexibility index (Phi) is 9.94. The maximum atomic E-state index is 8.83. The molecule has 0 heterocycles. The van der Waals surface area contributed by atoms with Gasteiger partial charge in [-0.3, -0.25) is 0 Å². The summed E-state index contributed by atoms with van der Waals surface area (Å²) >= 11 is 0. The highest BCUT2D eigenvalue weighted by molar-refractivity contribution is 4.59. The van der Waals surface area contributed by atoms with Crippen LogP contribution in [0.4, 0.5) is 0 Å². The second kappa shape index (κ2) is 10.0. The molecule has 2 nitrogen and oxygen atoms in total. The monoisotopic (exact) mass is 188 g/mol. The second-order valence-electron chi connectivity index (χ2n) is 3.74. The summed E-state index contributed by atoms with van der Waals surface area (Å²) in [5.74, 6) is 0.628. The van der Waals surface area contributed by atoms with Crippen molar-refractivity contribution in [2.75, 3.05) is 13.2 Å². The van der Waals surface area contributed by atoms with Crippen LogP contribution in [0, 0.1) is 5.92 Å². The van der Waals surface area contributed by atoms with Gasteiger partial charge in [-0.1, -0.05) is 32.6 Å². The third-order valence-electron chi connectivity index (χ3n) is 2.52. The molecule has 1 unspecified atom stereocenters. The molecule has 0 fully saturated rings. The predicted octanol–water partition coefficient (Wildman–Crippen LogP) is 2.34. The summed E-state index contributed by atoms with van der Waals surface area (Å²) in [5, 5.41) is 17.5. The van der Waals surface area contributed by atoms with Gasteiger partial charge in [0.05, 0.1) is 0 Å². The molecule has 0 aromatic rings. The van der Waals surface area contributed by atoms with Crippen molar-refractivity contribution in [3.8, 4) is 0 Å².